The van der Waals surface area contributed by atoms with Crippen molar-refractivity contribution in [3.05, 3.63) is 70.8 Å². The quantitative estimate of drug-likeness (QED) is 0.428. The highest BCUT2D eigenvalue weighted by atomic mass is 16.1. The van der Waals surface area contributed by atoms with Gasteiger partial charge in [-0.15, -0.1) is 0 Å². The van der Waals surface area contributed by atoms with Gasteiger partial charge < -0.3 is 9.80 Å². The maximum absolute atomic E-state index is 13.0. The Morgan fingerprint density at radius 1 is 0.812 bits per heavy atom. The van der Waals surface area contributed by atoms with Crippen LogP contribution in [0.25, 0.3) is 12.2 Å². The summed E-state index contributed by atoms with van der Waals surface area (Å²) in [6.45, 7) is 14.9. The first-order valence-corrected chi connectivity index (χ1v) is 12.2. The fourth-order valence-electron chi connectivity index (χ4n) is 4.59. The third kappa shape index (κ3) is 5.51. The topological polar surface area (TPSA) is 23.6 Å². The molecule has 0 spiro atoms. The Morgan fingerprint density at radius 2 is 1.31 bits per heavy atom. The van der Waals surface area contributed by atoms with Crippen LogP contribution in [0.4, 0.5) is 11.4 Å². The minimum absolute atomic E-state index is 0.252. The highest BCUT2D eigenvalue weighted by molar-refractivity contribution is 6.06. The Hall–Kier alpha value is -2.81. The van der Waals surface area contributed by atoms with Gasteiger partial charge in [0.1, 0.15) is 0 Å². The number of nitrogens with zero attached hydrogens (tertiary/aromatic N) is 2. The number of rotatable bonds is 8. The van der Waals surface area contributed by atoms with Crippen LogP contribution in [-0.2, 0) is 4.79 Å². The first-order chi connectivity index (χ1) is 15.5. The average Bonchev–Trinajstić information content (AvgIpc) is 2.81. The van der Waals surface area contributed by atoms with Crippen LogP contribution >= 0.6 is 0 Å². The molecule has 0 aromatic heterocycles. The largest absolute Gasteiger partial charge is 0.372 e. The van der Waals surface area contributed by atoms with Crippen LogP contribution in [0, 0.1) is 5.92 Å². The lowest BCUT2D eigenvalue weighted by molar-refractivity contribution is -0.116. The van der Waals surface area contributed by atoms with Crippen LogP contribution in [0.5, 0.6) is 0 Å². The van der Waals surface area contributed by atoms with Crippen molar-refractivity contribution in [2.24, 2.45) is 5.92 Å². The Kier molecular flexibility index (Phi) is 8.33. The van der Waals surface area contributed by atoms with E-state index < -0.39 is 0 Å². The number of Topliss-reactive ketones (excluding diaryl/α,β-unsaturated/α-hetero) is 1. The van der Waals surface area contributed by atoms with E-state index in [1.807, 2.05) is 0 Å². The molecule has 32 heavy (non-hydrogen) atoms. The number of allylic oxidation sites excluding steroid dienone is 2. The maximum Gasteiger partial charge on any atom is 0.163 e. The minimum atomic E-state index is 0.252. The molecule has 2 aromatic carbocycles. The van der Waals surface area contributed by atoms with E-state index in [2.05, 4.69) is 105 Å². The van der Waals surface area contributed by atoms with E-state index in [4.69, 9.17) is 0 Å². The van der Waals surface area contributed by atoms with Gasteiger partial charge >= 0.3 is 0 Å². The van der Waals surface area contributed by atoms with Crippen molar-refractivity contribution in [1.29, 1.82) is 0 Å². The zero-order valence-electron chi connectivity index (χ0n) is 20.4. The van der Waals surface area contributed by atoms with E-state index in [0.29, 0.717) is 12.3 Å². The molecule has 1 fully saturated rings. The van der Waals surface area contributed by atoms with Gasteiger partial charge in [0.25, 0.3) is 0 Å². The smallest absolute Gasteiger partial charge is 0.163 e. The van der Waals surface area contributed by atoms with Gasteiger partial charge in [0, 0.05) is 49.5 Å². The van der Waals surface area contributed by atoms with Crippen LogP contribution in [0.1, 0.15) is 58.6 Å². The summed E-state index contributed by atoms with van der Waals surface area (Å²) in [7, 11) is 0. The number of carbonyl (C=O) groups excluding carboxylic acids is 1. The third-order valence-corrected chi connectivity index (χ3v) is 6.58. The summed E-state index contributed by atoms with van der Waals surface area (Å²) >= 11 is 0. The molecule has 170 valence electrons. The molecule has 0 N–H and O–H groups in total. The summed E-state index contributed by atoms with van der Waals surface area (Å²) < 4.78 is 0. The van der Waals surface area contributed by atoms with Gasteiger partial charge in [-0.25, -0.2) is 0 Å². The predicted molar refractivity (Wildman–Crippen MR) is 139 cm³/mol. The standard InChI is InChI=1S/C29H38N2O/c1-6-30(7-2)25-14-10-12-23(18-25)20-27-22(5)16-17-29(32)28(27)21-24-13-11-15-26(19-24)31(8-3)9-4/h10-15,18-22H,6-9,16-17H2,1-5H3. The molecule has 3 nitrogen and oxygen atoms in total. The molecule has 0 amide bonds. The number of benzene rings is 2. The molecule has 3 heteroatoms. The molecule has 1 saturated carbocycles. The average molecular weight is 431 g/mol. The van der Waals surface area contributed by atoms with E-state index in [9.17, 15) is 4.79 Å². The summed E-state index contributed by atoms with van der Waals surface area (Å²) in [6, 6.07) is 17.2. The van der Waals surface area contributed by atoms with Crippen molar-refractivity contribution in [2.45, 2.75) is 47.5 Å². The normalized spacial score (nSPS) is 18.9. The van der Waals surface area contributed by atoms with Crippen LogP contribution in [0.2, 0.25) is 0 Å². The zero-order chi connectivity index (χ0) is 23.1. The number of hydrogen-bond acceptors (Lipinski definition) is 3. The van der Waals surface area contributed by atoms with Gasteiger partial charge in [-0.1, -0.05) is 37.3 Å². The molecular formula is C29H38N2O. The number of anilines is 2. The Balaban J connectivity index is 2.02. The second-order valence-corrected chi connectivity index (χ2v) is 8.56. The SMILES string of the molecule is CCN(CC)c1cccc(C=C2C(=O)CCC(C)C2=Cc2cccc(N(CC)CC)c2)c1. The lowest BCUT2D eigenvalue weighted by atomic mass is 9.79. The van der Waals surface area contributed by atoms with E-state index in [0.717, 1.165) is 54.9 Å². The molecule has 1 aliphatic carbocycles. The fraction of sp³-hybridized carbons (Fsp3) is 0.414. The summed E-state index contributed by atoms with van der Waals surface area (Å²) in [4.78, 5) is 17.7. The number of hydrogen-bond donors (Lipinski definition) is 0. The van der Waals surface area contributed by atoms with Gasteiger partial charge in [0.15, 0.2) is 5.78 Å². The molecule has 3 rings (SSSR count). The maximum atomic E-state index is 13.0. The zero-order valence-corrected chi connectivity index (χ0v) is 20.4. The Labute approximate surface area is 194 Å². The van der Waals surface area contributed by atoms with Crippen molar-refractivity contribution in [3.63, 3.8) is 0 Å². The van der Waals surface area contributed by atoms with Crippen LogP contribution in [-0.4, -0.2) is 32.0 Å². The second-order valence-electron chi connectivity index (χ2n) is 8.56. The molecule has 0 saturated heterocycles. The summed E-state index contributed by atoms with van der Waals surface area (Å²) in [5.41, 5.74) is 6.72. The molecular weight excluding hydrogens is 392 g/mol. The molecule has 1 atom stereocenters. The van der Waals surface area contributed by atoms with E-state index in [1.54, 1.807) is 0 Å². The molecule has 0 heterocycles. The van der Waals surface area contributed by atoms with Crippen LogP contribution in [0.15, 0.2) is 59.7 Å². The van der Waals surface area contributed by atoms with Gasteiger partial charge in [-0.2, -0.15) is 0 Å². The monoisotopic (exact) mass is 430 g/mol. The second kappa shape index (κ2) is 11.2. The molecule has 1 unspecified atom stereocenters. The Bertz CT molecular complexity index is 980. The molecule has 0 radical (unpaired) electrons. The van der Waals surface area contributed by atoms with Gasteiger partial charge in [0.2, 0.25) is 0 Å². The molecule has 1 aliphatic rings. The van der Waals surface area contributed by atoms with Crippen LogP contribution < -0.4 is 9.80 Å². The highest BCUT2D eigenvalue weighted by Crippen LogP contribution is 2.35. The third-order valence-electron chi connectivity index (χ3n) is 6.58. The van der Waals surface area contributed by atoms with Gasteiger partial charge in [-0.3, -0.25) is 4.79 Å². The lowest BCUT2D eigenvalue weighted by Gasteiger charge is -2.25. The van der Waals surface area contributed by atoms with Crippen LogP contribution in [0.3, 0.4) is 0 Å². The van der Waals surface area contributed by atoms with Crippen molar-refractivity contribution in [1.82, 2.24) is 0 Å². The predicted octanol–water partition coefficient (Wildman–Crippen LogP) is 6.85. The van der Waals surface area contributed by atoms with Gasteiger partial charge in [0.05, 0.1) is 0 Å². The lowest BCUT2D eigenvalue weighted by Crippen LogP contribution is -2.22. The molecule has 0 bridgehead atoms. The Morgan fingerprint density at radius 3 is 1.81 bits per heavy atom. The minimum Gasteiger partial charge on any atom is -0.372 e. The van der Waals surface area contributed by atoms with Crippen molar-refractivity contribution < 1.29 is 4.79 Å². The summed E-state index contributed by atoms with van der Waals surface area (Å²) in [5, 5.41) is 0. The van der Waals surface area contributed by atoms with Crippen molar-refractivity contribution in [2.75, 3.05) is 36.0 Å². The van der Waals surface area contributed by atoms with Crippen molar-refractivity contribution >= 4 is 29.3 Å². The number of carbonyl (C=O) groups is 1. The first kappa shape index (κ1) is 23.8. The molecule has 0 aliphatic heterocycles. The summed E-state index contributed by atoms with van der Waals surface area (Å²) in [6.07, 6.45) is 5.87. The van der Waals surface area contributed by atoms with E-state index >= 15 is 0 Å². The highest BCUT2D eigenvalue weighted by Gasteiger charge is 2.26. The number of ketones is 1. The fourth-order valence-corrected chi connectivity index (χ4v) is 4.59. The van der Waals surface area contributed by atoms with E-state index in [1.165, 1.54) is 11.4 Å². The summed E-state index contributed by atoms with van der Waals surface area (Å²) in [5.74, 6) is 0.615. The van der Waals surface area contributed by atoms with E-state index in [-0.39, 0.29) is 5.78 Å². The first-order valence-electron chi connectivity index (χ1n) is 12.2. The van der Waals surface area contributed by atoms with Gasteiger partial charge in [-0.05, 0) is 87.1 Å². The van der Waals surface area contributed by atoms with Crippen molar-refractivity contribution in [3.8, 4) is 0 Å². The molecule has 2 aromatic rings.